The van der Waals surface area contributed by atoms with Crippen LogP contribution >= 0.6 is 0 Å². The summed E-state index contributed by atoms with van der Waals surface area (Å²) in [6.07, 6.45) is -3.19. The van der Waals surface area contributed by atoms with E-state index in [9.17, 15) is 18.0 Å². The number of nitrogens with one attached hydrogen (secondary N) is 1. The summed E-state index contributed by atoms with van der Waals surface area (Å²) in [5, 5.41) is 2.98. The molecule has 0 bridgehead atoms. The van der Waals surface area contributed by atoms with Crippen LogP contribution in [0.15, 0.2) is 24.3 Å². The lowest BCUT2D eigenvalue weighted by molar-refractivity contribution is -0.139. The van der Waals surface area contributed by atoms with Crippen molar-refractivity contribution in [1.82, 2.24) is 5.32 Å². The molecule has 1 aliphatic rings. The monoisotopic (exact) mass is 272 g/mol. The van der Waals surface area contributed by atoms with Crippen LogP contribution in [0.5, 0.6) is 0 Å². The van der Waals surface area contributed by atoms with Gasteiger partial charge in [0.1, 0.15) is 0 Å². The molecule has 0 spiro atoms. The molecule has 0 aliphatic carbocycles. The zero-order chi connectivity index (χ0) is 14.0. The molecule has 3 nitrogen and oxygen atoms in total. The van der Waals surface area contributed by atoms with Gasteiger partial charge in [0.2, 0.25) is 5.91 Å². The van der Waals surface area contributed by atoms with Gasteiger partial charge in [0.15, 0.2) is 0 Å². The molecule has 104 valence electrons. The van der Waals surface area contributed by atoms with Gasteiger partial charge in [0.25, 0.3) is 0 Å². The van der Waals surface area contributed by atoms with E-state index < -0.39 is 29.6 Å². The third kappa shape index (κ3) is 2.89. The number of hydrogen-bond donors (Lipinski definition) is 2. The van der Waals surface area contributed by atoms with Crippen molar-refractivity contribution >= 4 is 5.91 Å². The summed E-state index contributed by atoms with van der Waals surface area (Å²) >= 11 is 0. The van der Waals surface area contributed by atoms with Crippen LogP contribution in [0.4, 0.5) is 13.2 Å². The number of halogens is 3. The van der Waals surface area contributed by atoms with E-state index in [4.69, 9.17) is 5.73 Å². The zero-order valence-corrected chi connectivity index (χ0v) is 10.2. The van der Waals surface area contributed by atoms with Gasteiger partial charge in [-0.3, -0.25) is 4.79 Å². The number of alkyl halides is 3. The maximum atomic E-state index is 13.0. The van der Waals surface area contributed by atoms with Crippen LogP contribution in [0.2, 0.25) is 0 Å². The Labute approximate surface area is 109 Å². The van der Waals surface area contributed by atoms with Gasteiger partial charge < -0.3 is 11.1 Å². The molecular weight excluding hydrogens is 257 g/mol. The molecule has 0 saturated carbocycles. The van der Waals surface area contributed by atoms with E-state index in [1.165, 1.54) is 12.1 Å². The lowest BCUT2D eigenvalue weighted by Gasteiger charge is -2.32. The summed E-state index contributed by atoms with van der Waals surface area (Å²) in [5.41, 5.74) is 4.68. The van der Waals surface area contributed by atoms with Crippen LogP contribution in [0.25, 0.3) is 0 Å². The molecule has 0 aromatic heterocycles. The number of amides is 1. The van der Waals surface area contributed by atoms with Crippen LogP contribution in [-0.4, -0.2) is 12.5 Å². The molecule has 1 fully saturated rings. The highest BCUT2D eigenvalue weighted by atomic mass is 19.4. The second-order valence-electron chi connectivity index (χ2n) is 4.67. The van der Waals surface area contributed by atoms with Crippen molar-refractivity contribution in [3.63, 3.8) is 0 Å². The van der Waals surface area contributed by atoms with Crippen LogP contribution in [0, 0.1) is 5.92 Å². The van der Waals surface area contributed by atoms with Gasteiger partial charge in [-0.2, -0.15) is 13.2 Å². The average molecular weight is 272 g/mol. The second kappa shape index (κ2) is 5.21. The fraction of sp³-hybridized carbons (Fsp3) is 0.462. The van der Waals surface area contributed by atoms with Crippen molar-refractivity contribution < 1.29 is 18.0 Å². The Hall–Kier alpha value is -1.56. The van der Waals surface area contributed by atoms with E-state index in [2.05, 4.69) is 5.32 Å². The molecule has 1 aromatic carbocycles. The number of rotatable bonds is 2. The van der Waals surface area contributed by atoms with E-state index >= 15 is 0 Å². The quantitative estimate of drug-likeness (QED) is 0.867. The SMILES string of the molecule is NC(=O)C1CCCNC1c1ccccc1C(F)(F)F. The minimum absolute atomic E-state index is 0.0958. The lowest BCUT2D eigenvalue weighted by Crippen LogP contribution is -2.41. The van der Waals surface area contributed by atoms with Gasteiger partial charge in [0, 0.05) is 6.04 Å². The minimum atomic E-state index is -4.43. The summed E-state index contributed by atoms with van der Waals surface area (Å²) < 4.78 is 39.0. The molecular formula is C13H15F3N2O. The predicted molar refractivity (Wildman–Crippen MR) is 64.1 cm³/mol. The maximum Gasteiger partial charge on any atom is 0.416 e. The van der Waals surface area contributed by atoms with Crippen LogP contribution in [-0.2, 0) is 11.0 Å². The number of primary amides is 1. The molecule has 3 N–H and O–H groups in total. The van der Waals surface area contributed by atoms with E-state index in [1.807, 2.05) is 0 Å². The fourth-order valence-corrected chi connectivity index (χ4v) is 2.55. The number of piperidine rings is 1. The van der Waals surface area contributed by atoms with Gasteiger partial charge in [-0.15, -0.1) is 0 Å². The number of nitrogens with two attached hydrogens (primary N) is 1. The smallest absolute Gasteiger partial charge is 0.369 e. The molecule has 6 heteroatoms. The normalized spacial score (nSPS) is 24.2. The summed E-state index contributed by atoms with van der Waals surface area (Å²) in [4.78, 5) is 11.4. The highest BCUT2D eigenvalue weighted by molar-refractivity contribution is 5.78. The van der Waals surface area contributed by atoms with E-state index in [-0.39, 0.29) is 5.56 Å². The summed E-state index contributed by atoms with van der Waals surface area (Å²) in [6.45, 7) is 0.584. The number of benzene rings is 1. The first-order valence-corrected chi connectivity index (χ1v) is 6.10. The second-order valence-corrected chi connectivity index (χ2v) is 4.67. The molecule has 1 heterocycles. The maximum absolute atomic E-state index is 13.0. The fourth-order valence-electron chi connectivity index (χ4n) is 2.55. The molecule has 1 aromatic rings. The Balaban J connectivity index is 2.42. The van der Waals surface area contributed by atoms with Crippen LogP contribution < -0.4 is 11.1 Å². The van der Waals surface area contributed by atoms with Gasteiger partial charge in [0.05, 0.1) is 11.5 Å². The minimum Gasteiger partial charge on any atom is -0.369 e. The van der Waals surface area contributed by atoms with Crippen molar-refractivity contribution in [3.05, 3.63) is 35.4 Å². The summed E-state index contributed by atoms with van der Waals surface area (Å²) in [7, 11) is 0. The van der Waals surface area contributed by atoms with E-state index in [0.717, 1.165) is 12.5 Å². The molecule has 0 radical (unpaired) electrons. The third-order valence-corrected chi connectivity index (χ3v) is 3.43. The van der Waals surface area contributed by atoms with Crippen molar-refractivity contribution in [2.75, 3.05) is 6.54 Å². The van der Waals surface area contributed by atoms with E-state index in [0.29, 0.717) is 13.0 Å². The van der Waals surface area contributed by atoms with E-state index in [1.54, 1.807) is 6.07 Å². The Bertz CT molecular complexity index is 473. The predicted octanol–water partition coefficient (Wildman–Crippen LogP) is 2.23. The average Bonchev–Trinajstić information content (AvgIpc) is 2.37. The van der Waals surface area contributed by atoms with Gasteiger partial charge in [-0.25, -0.2) is 0 Å². The van der Waals surface area contributed by atoms with Crippen molar-refractivity contribution in [3.8, 4) is 0 Å². The van der Waals surface area contributed by atoms with Crippen molar-refractivity contribution in [2.24, 2.45) is 11.7 Å². The topological polar surface area (TPSA) is 55.1 Å². The van der Waals surface area contributed by atoms with Crippen molar-refractivity contribution in [1.29, 1.82) is 0 Å². The molecule has 1 amide bonds. The largest absolute Gasteiger partial charge is 0.416 e. The molecule has 1 aliphatic heterocycles. The first-order valence-electron chi connectivity index (χ1n) is 6.10. The summed E-state index contributed by atoms with van der Waals surface area (Å²) in [5.74, 6) is -1.16. The Kier molecular flexibility index (Phi) is 3.80. The van der Waals surface area contributed by atoms with Crippen LogP contribution in [0.3, 0.4) is 0 Å². The zero-order valence-electron chi connectivity index (χ0n) is 10.2. The highest BCUT2D eigenvalue weighted by Crippen LogP contribution is 2.38. The first kappa shape index (κ1) is 13.9. The van der Waals surface area contributed by atoms with Crippen LogP contribution in [0.1, 0.15) is 30.0 Å². The Morgan fingerprint density at radius 1 is 1.32 bits per heavy atom. The highest BCUT2D eigenvalue weighted by Gasteiger charge is 2.38. The van der Waals surface area contributed by atoms with Gasteiger partial charge in [-0.1, -0.05) is 18.2 Å². The number of hydrogen-bond acceptors (Lipinski definition) is 2. The van der Waals surface area contributed by atoms with Crippen molar-refractivity contribution in [2.45, 2.75) is 25.1 Å². The molecule has 2 atom stereocenters. The number of carbonyl (C=O) groups is 1. The first-order chi connectivity index (χ1) is 8.91. The summed E-state index contributed by atoms with van der Waals surface area (Å²) in [6, 6.07) is 4.66. The molecule has 1 saturated heterocycles. The third-order valence-electron chi connectivity index (χ3n) is 3.43. The Morgan fingerprint density at radius 2 is 2.00 bits per heavy atom. The standard InChI is InChI=1S/C13H15F3N2O/c14-13(15,16)10-6-2-1-4-8(10)11-9(12(17)19)5-3-7-18-11/h1-2,4,6,9,11,18H,3,5,7H2,(H2,17,19). The molecule has 19 heavy (non-hydrogen) atoms. The Morgan fingerprint density at radius 3 is 2.63 bits per heavy atom. The number of carbonyl (C=O) groups excluding carboxylic acids is 1. The molecule has 2 unspecified atom stereocenters. The molecule has 2 rings (SSSR count). The lowest BCUT2D eigenvalue weighted by atomic mass is 9.84. The van der Waals surface area contributed by atoms with Gasteiger partial charge in [-0.05, 0) is 31.0 Å². The van der Waals surface area contributed by atoms with Gasteiger partial charge >= 0.3 is 6.18 Å².